The van der Waals surface area contributed by atoms with E-state index in [9.17, 15) is 14.9 Å². The Bertz CT molecular complexity index is 970. The van der Waals surface area contributed by atoms with E-state index in [1.54, 1.807) is 25.3 Å². The van der Waals surface area contributed by atoms with Crippen LogP contribution in [-0.4, -0.2) is 26.8 Å². The van der Waals surface area contributed by atoms with Gasteiger partial charge in [-0.15, -0.1) is 11.3 Å². The molecule has 1 N–H and O–H groups in total. The van der Waals surface area contributed by atoms with Crippen molar-refractivity contribution in [1.29, 1.82) is 5.26 Å². The van der Waals surface area contributed by atoms with E-state index in [2.05, 4.69) is 16.4 Å². The van der Waals surface area contributed by atoms with Crippen molar-refractivity contribution < 1.29 is 4.79 Å². The molecule has 1 aliphatic rings. The van der Waals surface area contributed by atoms with Gasteiger partial charge in [-0.05, 0) is 37.7 Å². The lowest BCUT2D eigenvalue weighted by Gasteiger charge is -2.27. The molecule has 1 aliphatic carbocycles. The Balaban J connectivity index is 1.80. The number of nitrogens with one attached hydrogen (secondary N) is 1. The lowest BCUT2D eigenvalue weighted by Crippen LogP contribution is -2.49. The predicted octanol–water partition coefficient (Wildman–Crippen LogP) is 2.63. The van der Waals surface area contributed by atoms with E-state index in [4.69, 9.17) is 0 Å². The molecule has 6 nitrogen and oxygen atoms in total. The van der Waals surface area contributed by atoms with Crippen LogP contribution in [0.1, 0.15) is 37.6 Å². The van der Waals surface area contributed by atoms with Gasteiger partial charge in [0.05, 0.1) is 17.2 Å². The van der Waals surface area contributed by atoms with Crippen LogP contribution in [0.4, 0.5) is 0 Å². The van der Waals surface area contributed by atoms with Gasteiger partial charge in [-0.1, -0.05) is 25.6 Å². The lowest BCUT2D eigenvalue weighted by atomic mass is 9.90. The molecule has 0 aromatic carbocycles. The first kappa shape index (κ1) is 18.9. The largest absolute Gasteiger partial charge is 0.337 e. The number of hydrogen-bond acceptors (Lipinski definition) is 6. The summed E-state index contributed by atoms with van der Waals surface area (Å²) >= 11 is 2.82. The number of thioether (sulfide) groups is 1. The fourth-order valence-electron chi connectivity index (χ4n) is 2.99. The SMILES string of the molecule is CC(C)[C@@](C)(C#N)NC(=O)CSc1nc2sc3c(c2c(=O)n1C)CCC3. The third-order valence-corrected chi connectivity index (χ3v) is 7.24. The molecule has 26 heavy (non-hydrogen) atoms. The van der Waals surface area contributed by atoms with Gasteiger partial charge in [0.1, 0.15) is 10.4 Å². The summed E-state index contributed by atoms with van der Waals surface area (Å²) in [6.07, 6.45) is 3.07. The maximum Gasteiger partial charge on any atom is 0.262 e. The summed E-state index contributed by atoms with van der Waals surface area (Å²) in [4.78, 5) is 31.7. The molecule has 0 saturated heterocycles. The van der Waals surface area contributed by atoms with E-state index in [0.717, 1.165) is 35.0 Å². The smallest absolute Gasteiger partial charge is 0.262 e. The predicted molar refractivity (Wildman–Crippen MR) is 105 cm³/mol. The fraction of sp³-hybridized carbons (Fsp3) is 0.556. The van der Waals surface area contributed by atoms with Gasteiger partial charge in [0.25, 0.3) is 5.56 Å². The van der Waals surface area contributed by atoms with Crippen LogP contribution < -0.4 is 10.9 Å². The van der Waals surface area contributed by atoms with Crippen LogP contribution in [0.2, 0.25) is 0 Å². The zero-order valence-corrected chi connectivity index (χ0v) is 17.0. The second-order valence-electron chi connectivity index (χ2n) is 7.10. The number of rotatable bonds is 5. The molecule has 138 valence electrons. The van der Waals surface area contributed by atoms with Gasteiger partial charge in [-0.2, -0.15) is 5.26 Å². The van der Waals surface area contributed by atoms with Crippen molar-refractivity contribution in [3.05, 3.63) is 20.8 Å². The minimum absolute atomic E-state index is 0.00575. The average Bonchev–Trinajstić information content (AvgIpc) is 3.17. The number of amides is 1. The summed E-state index contributed by atoms with van der Waals surface area (Å²) in [6, 6.07) is 2.16. The van der Waals surface area contributed by atoms with Gasteiger partial charge in [0.15, 0.2) is 5.16 Å². The highest BCUT2D eigenvalue weighted by Gasteiger charge is 2.30. The average molecular weight is 391 g/mol. The number of carbonyl (C=O) groups excluding carboxylic acids is 1. The second-order valence-corrected chi connectivity index (χ2v) is 9.13. The number of nitrogens with zero attached hydrogens (tertiary/aromatic N) is 3. The van der Waals surface area contributed by atoms with Crippen LogP contribution in [-0.2, 0) is 24.7 Å². The molecule has 1 amide bonds. The molecule has 0 unspecified atom stereocenters. The van der Waals surface area contributed by atoms with Crippen molar-refractivity contribution in [2.24, 2.45) is 13.0 Å². The number of thiophene rings is 1. The van der Waals surface area contributed by atoms with Gasteiger partial charge in [-0.3, -0.25) is 14.2 Å². The van der Waals surface area contributed by atoms with Gasteiger partial charge < -0.3 is 5.32 Å². The molecule has 3 rings (SSSR count). The molecule has 8 heteroatoms. The van der Waals surface area contributed by atoms with Crippen LogP contribution in [0.3, 0.4) is 0 Å². The lowest BCUT2D eigenvalue weighted by molar-refractivity contribution is -0.120. The van der Waals surface area contributed by atoms with Crippen LogP contribution in [0, 0.1) is 17.2 Å². The quantitative estimate of drug-likeness (QED) is 0.626. The second kappa shape index (κ2) is 7.05. The summed E-state index contributed by atoms with van der Waals surface area (Å²) in [6.45, 7) is 5.51. The zero-order chi connectivity index (χ0) is 19.1. The molecule has 2 aromatic heterocycles. The third-order valence-electron chi connectivity index (χ3n) is 5.02. The Kier molecular flexibility index (Phi) is 5.13. The topological polar surface area (TPSA) is 87.8 Å². The highest BCUT2D eigenvalue weighted by molar-refractivity contribution is 7.99. The molecule has 1 atom stereocenters. The Morgan fingerprint density at radius 3 is 2.88 bits per heavy atom. The first-order chi connectivity index (χ1) is 12.3. The molecule has 0 fully saturated rings. The molecule has 2 heterocycles. The van der Waals surface area contributed by atoms with Crippen LogP contribution >= 0.6 is 23.1 Å². The minimum atomic E-state index is -0.907. The number of hydrogen-bond donors (Lipinski definition) is 1. The maximum absolute atomic E-state index is 12.8. The van der Waals surface area contributed by atoms with Gasteiger partial charge in [0.2, 0.25) is 5.91 Å². The van der Waals surface area contributed by atoms with Crippen LogP contribution in [0.5, 0.6) is 0 Å². The number of aromatic nitrogens is 2. The Morgan fingerprint density at radius 1 is 1.50 bits per heavy atom. The van der Waals surface area contributed by atoms with Crippen molar-refractivity contribution in [2.75, 3.05) is 5.75 Å². The number of carbonyl (C=O) groups is 1. The van der Waals surface area contributed by atoms with E-state index < -0.39 is 5.54 Å². The standard InChI is InChI=1S/C18H22N4O2S2/c1-10(2)18(3,9-19)21-13(23)8-25-17-20-15-14(16(24)22(17)4)11-6-5-7-12(11)26-15/h10H,5-8H2,1-4H3,(H,21,23)/t18-/m1/s1. The molecule has 2 aromatic rings. The van der Waals surface area contributed by atoms with Crippen molar-refractivity contribution in [1.82, 2.24) is 14.9 Å². The van der Waals surface area contributed by atoms with Crippen molar-refractivity contribution >= 4 is 39.2 Å². The van der Waals surface area contributed by atoms with Crippen LogP contribution in [0.15, 0.2) is 9.95 Å². The highest BCUT2D eigenvalue weighted by atomic mass is 32.2. The Hall–Kier alpha value is -1.85. The van der Waals surface area contributed by atoms with E-state index >= 15 is 0 Å². The van der Waals surface area contributed by atoms with E-state index in [1.165, 1.54) is 21.2 Å². The zero-order valence-electron chi connectivity index (χ0n) is 15.4. The molecule has 0 radical (unpaired) electrons. The number of aryl methyl sites for hydroxylation is 2. The van der Waals surface area contributed by atoms with Gasteiger partial charge >= 0.3 is 0 Å². The summed E-state index contributed by atoms with van der Waals surface area (Å²) in [5, 5.41) is 13.4. The molecule has 0 aliphatic heterocycles. The highest BCUT2D eigenvalue weighted by Crippen LogP contribution is 2.35. The molecule has 0 spiro atoms. The molecular formula is C18H22N4O2S2. The van der Waals surface area contributed by atoms with E-state index in [1.807, 2.05) is 13.8 Å². The Morgan fingerprint density at radius 2 is 2.23 bits per heavy atom. The third kappa shape index (κ3) is 3.26. The fourth-order valence-corrected chi connectivity index (χ4v) is 5.07. The van der Waals surface area contributed by atoms with Gasteiger partial charge in [0, 0.05) is 11.9 Å². The number of nitriles is 1. The van der Waals surface area contributed by atoms with Crippen LogP contribution in [0.25, 0.3) is 10.2 Å². The van der Waals surface area contributed by atoms with E-state index in [-0.39, 0.29) is 23.1 Å². The van der Waals surface area contributed by atoms with Crippen molar-refractivity contribution in [3.8, 4) is 6.07 Å². The van der Waals surface area contributed by atoms with E-state index in [0.29, 0.717) is 5.16 Å². The monoisotopic (exact) mass is 390 g/mol. The summed E-state index contributed by atoms with van der Waals surface area (Å²) < 4.78 is 1.53. The summed E-state index contributed by atoms with van der Waals surface area (Å²) in [5.41, 5.74) is 0.214. The van der Waals surface area contributed by atoms with Crippen molar-refractivity contribution in [3.63, 3.8) is 0 Å². The molecular weight excluding hydrogens is 368 g/mol. The molecule has 0 saturated carbocycles. The Labute approximate surface area is 160 Å². The summed E-state index contributed by atoms with van der Waals surface area (Å²) in [5.74, 6) is -0.134. The molecule has 0 bridgehead atoms. The van der Waals surface area contributed by atoms with Crippen molar-refractivity contribution in [2.45, 2.75) is 50.7 Å². The van der Waals surface area contributed by atoms with Gasteiger partial charge in [-0.25, -0.2) is 4.98 Å². The minimum Gasteiger partial charge on any atom is -0.337 e. The number of fused-ring (bicyclic) bond motifs is 3. The first-order valence-electron chi connectivity index (χ1n) is 8.63. The first-order valence-corrected chi connectivity index (χ1v) is 10.4. The normalized spacial score (nSPS) is 15.7. The maximum atomic E-state index is 12.8. The summed E-state index contributed by atoms with van der Waals surface area (Å²) in [7, 11) is 1.70.